The molecule has 0 amide bonds. The molecule has 1 aromatic heterocycles. The molecule has 35 heavy (non-hydrogen) atoms. The Balaban J connectivity index is 1.40. The van der Waals surface area contributed by atoms with E-state index >= 15 is 4.39 Å². The molecule has 2 aromatic rings. The fourth-order valence-electron chi connectivity index (χ4n) is 6.12. The number of benzene rings is 1. The summed E-state index contributed by atoms with van der Waals surface area (Å²) in [7, 11) is 1.57. The maximum absolute atomic E-state index is 15.7. The number of hydrogen-bond donors (Lipinski definition) is 1. The zero-order valence-corrected chi connectivity index (χ0v) is 21.5. The van der Waals surface area contributed by atoms with Gasteiger partial charge in [-0.3, -0.25) is 9.78 Å². The second kappa shape index (κ2) is 11.9. The topological polar surface area (TPSA) is 62.7 Å². The number of hydrogen-bond acceptors (Lipinski definition) is 4. The van der Waals surface area contributed by atoms with Gasteiger partial charge in [0.1, 0.15) is 11.9 Å². The van der Waals surface area contributed by atoms with E-state index in [1.807, 2.05) is 0 Å². The van der Waals surface area contributed by atoms with Crippen LogP contribution >= 0.6 is 11.6 Å². The monoisotopic (exact) mass is 504 g/mol. The van der Waals surface area contributed by atoms with Gasteiger partial charge in [0.15, 0.2) is 0 Å². The first-order chi connectivity index (χ1) is 16.9. The minimum absolute atomic E-state index is 0.0921. The Hall–Kier alpha value is -1.92. The summed E-state index contributed by atoms with van der Waals surface area (Å²) in [5, 5.41) is 10.6. The van der Waals surface area contributed by atoms with Crippen molar-refractivity contribution < 1.29 is 19.0 Å². The molecule has 2 heterocycles. The van der Waals surface area contributed by atoms with Crippen molar-refractivity contribution in [2.45, 2.75) is 76.8 Å². The van der Waals surface area contributed by atoms with Gasteiger partial charge in [-0.15, -0.1) is 0 Å². The van der Waals surface area contributed by atoms with E-state index in [1.165, 1.54) is 44.7 Å². The predicted molar refractivity (Wildman–Crippen MR) is 138 cm³/mol. The van der Waals surface area contributed by atoms with E-state index in [2.05, 4.69) is 9.88 Å². The van der Waals surface area contributed by atoms with Gasteiger partial charge in [0.25, 0.3) is 0 Å². The van der Waals surface area contributed by atoms with Crippen LogP contribution in [0.1, 0.15) is 82.4 Å². The van der Waals surface area contributed by atoms with Crippen molar-refractivity contribution >= 4 is 28.5 Å². The number of rotatable bonds is 10. The van der Waals surface area contributed by atoms with Crippen LogP contribution in [0, 0.1) is 11.3 Å². The maximum Gasteiger partial charge on any atom is 0.303 e. The molecule has 7 heteroatoms. The number of nitrogens with zero attached hydrogens (tertiary/aromatic N) is 2. The molecule has 1 unspecified atom stereocenters. The van der Waals surface area contributed by atoms with E-state index in [-0.39, 0.29) is 18.3 Å². The van der Waals surface area contributed by atoms with Gasteiger partial charge < -0.3 is 14.7 Å². The molecule has 1 aliphatic carbocycles. The highest BCUT2D eigenvalue weighted by atomic mass is 35.5. The number of halogens is 2. The number of carboxylic acids is 1. The Morgan fingerprint density at radius 1 is 1.29 bits per heavy atom. The van der Waals surface area contributed by atoms with E-state index in [9.17, 15) is 9.90 Å². The lowest BCUT2D eigenvalue weighted by Crippen LogP contribution is -2.42. The summed E-state index contributed by atoms with van der Waals surface area (Å²) < 4.78 is 21.0. The van der Waals surface area contributed by atoms with Crippen LogP contribution < -0.4 is 4.74 Å². The van der Waals surface area contributed by atoms with Crippen LogP contribution in [-0.4, -0.2) is 47.7 Å². The molecule has 192 valence electrons. The predicted octanol–water partition coefficient (Wildman–Crippen LogP) is 7.21. The van der Waals surface area contributed by atoms with Gasteiger partial charge in [0, 0.05) is 17.1 Å². The molecule has 1 aromatic carbocycles. The third kappa shape index (κ3) is 6.65. The summed E-state index contributed by atoms with van der Waals surface area (Å²) in [6, 6.07) is 5.37. The van der Waals surface area contributed by atoms with E-state index in [0.717, 1.165) is 38.4 Å². The van der Waals surface area contributed by atoms with Gasteiger partial charge >= 0.3 is 5.97 Å². The lowest BCUT2D eigenvalue weighted by Gasteiger charge is -2.42. The highest BCUT2D eigenvalue weighted by Gasteiger charge is 2.37. The number of piperidine rings is 1. The molecule has 0 radical (unpaired) electrons. The maximum atomic E-state index is 15.7. The molecule has 4 rings (SSSR count). The lowest BCUT2D eigenvalue weighted by molar-refractivity contribution is -0.141. The van der Waals surface area contributed by atoms with Crippen molar-refractivity contribution in [1.29, 1.82) is 0 Å². The van der Waals surface area contributed by atoms with E-state index in [0.29, 0.717) is 33.7 Å². The largest absolute Gasteiger partial charge is 0.497 e. The first kappa shape index (κ1) is 26.2. The molecule has 1 saturated heterocycles. The number of carbonyl (C=O) groups is 1. The zero-order chi connectivity index (χ0) is 24.8. The van der Waals surface area contributed by atoms with Crippen LogP contribution in [0.25, 0.3) is 10.9 Å². The van der Waals surface area contributed by atoms with Crippen molar-refractivity contribution in [3.05, 3.63) is 35.0 Å². The molecule has 1 atom stereocenters. The molecule has 0 spiro atoms. The Labute approximate surface area is 213 Å². The smallest absolute Gasteiger partial charge is 0.303 e. The van der Waals surface area contributed by atoms with Crippen LogP contribution in [-0.2, 0) is 4.79 Å². The number of aliphatic carboxylic acids is 1. The van der Waals surface area contributed by atoms with Crippen LogP contribution in [0.5, 0.6) is 5.75 Å². The number of likely N-dealkylation sites (tertiary alicyclic amines) is 1. The summed E-state index contributed by atoms with van der Waals surface area (Å²) in [5.74, 6) is 0.673. The molecule has 0 bridgehead atoms. The summed E-state index contributed by atoms with van der Waals surface area (Å²) >= 11 is 6.41. The van der Waals surface area contributed by atoms with Crippen molar-refractivity contribution in [2.24, 2.45) is 11.3 Å². The summed E-state index contributed by atoms with van der Waals surface area (Å²) in [4.78, 5) is 18.6. The fourth-order valence-corrected chi connectivity index (χ4v) is 6.39. The third-order valence-electron chi connectivity index (χ3n) is 8.33. The third-order valence-corrected chi connectivity index (χ3v) is 8.63. The van der Waals surface area contributed by atoms with Crippen LogP contribution in [0.3, 0.4) is 0 Å². The second-order valence-electron chi connectivity index (χ2n) is 10.6. The molecule has 2 aliphatic rings. The number of carboxylic acid groups (broad SMARTS) is 1. The van der Waals surface area contributed by atoms with Crippen molar-refractivity contribution in [3.63, 3.8) is 0 Å². The highest BCUT2D eigenvalue weighted by molar-refractivity contribution is 6.32. The first-order valence-electron chi connectivity index (χ1n) is 13.1. The standard InChI is InChI=1S/C28H38ClFN2O3/c1-35-21-7-8-25-22(17-21)27(23(29)19-31-25)24(30)9-11-28(18-26(33)34)12-15-32(16-13-28)14-10-20-5-3-2-4-6-20/h7-8,17,19-20,24H,2-6,9-16,18H2,1H3,(H,33,34). The number of ether oxygens (including phenoxy) is 1. The summed E-state index contributed by atoms with van der Waals surface area (Å²) in [6.07, 6.45) is 10.7. The Morgan fingerprint density at radius 2 is 2.03 bits per heavy atom. The molecule has 2 fully saturated rings. The van der Waals surface area contributed by atoms with E-state index in [4.69, 9.17) is 16.3 Å². The summed E-state index contributed by atoms with van der Waals surface area (Å²) in [6.45, 7) is 2.89. The number of pyridine rings is 1. The highest BCUT2D eigenvalue weighted by Crippen LogP contribution is 2.44. The first-order valence-corrected chi connectivity index (χ1v) is 13.5. The van der Waals surface area contributed by atoms with Crippen molar-refractivity contribution in [1.82, 2.24) is 9.88 Å². The lowest BCUT2D eigenvalue weighted by atomic mass is 9.71. The van der Waals surface area contributed by atoms with Crippen LogP contribution in [0.15, 0.2) is 24.4 Å². The van der Waals surface area contributed by atoms with Gasteiger partial charge in [0.05, 0.1) is 24.1 Å². The number of aromatic nitrogens is 1. The Morgan fingerprint density at radius 3 is 2.71 bits per heavy atom. The number of methoxy groups -OCH3 is 1. The van der Waals surface area contributed by atoms with E-state index < -0.39 is 12.1 Å². The SMILES string of the molecule is COc1ccc2ncc(Cl)c(C(F)CCC3(CC(=O)O)CCN(CCC4CCCCC4)CC3)c2c1. The normalized spacial score (nSPS) is 20.1. The average Bonchev–Trinajstić information content (AvgIpc) is 2.87. The minimum atomic E-state index is -1.30. The Bertz CT molecular complexity index is 1000. The van der Waals surface area contributed by atoms with Gasteiger partial charge in [-0.05, 0) is 81.3 Å². The molecular weight excluding hydrogens is 467 g/mol. The molecule has 1 N–H and O–H groups in total. The molecule has 1 saturated carbocycles. The second-order valence-corrected chi connectivity index (χ2v) is 11.0. The average molecular weight is 505 g/mol. The Kier molecular flexibility index (Phi) is 8.87. The number of alkyl halides is 1. The van der Waals surface area contributed by atoms with Crippen molar-refractivity contribution in [3.8, 4) is 5.75 Å². The minimum Gasteiger partial charge on any atom is -0.497 e. The summed E-state index contributed by atoms with van der Waals surface area (Å²) in [5.41, 5.74) is 0.718. The van der Waals surface area contributed by atoms with Crippen molar-refractivity contribution in [2.75, 3.05) is 26.7 Å². The van der Waals surface area contributed by atoms with Crippen LogP contribution in [0.2, 0.25) is 5.02 Å². The molecule has 1 aliphatic heterocycles. The van der Waals surface area contributed by atoms with Gasteiger partial charge in [0.2, 0.25) is 0 Å². The van der Waals surface area contributed by atoms with Gasteiger partial charge in [-0.1, -0.05) is 43.7 Å². The van der Waals surface area contributed by atoms with E-state index in [1.54, 1.807) is 25.3 Å². The van der Waals surface area contributed by atoms with Crippen LogP contribution in [0.4, 0.5) is 4.39 Å². The molecule has 5 nitrogen and oxygen atoms in total. The fraction of sp³-hybridized carbons (Fsp3) is 0.643. The van der Waals surface area contributed by atoms with Gasteiger partial charge in [-0.25, -0.2) is 4.39 Å². The molecular formula is C28H38ClFN2O3. The quantitative estimate of drug-likeness (QED) is 0.370. The number of fused-ring (bicyclic) bond motifs is 1. The van der Waals surface area contributed by atoms with Gasteiger partial charge in [-0.2, -0.15) is 0 Å². The zero-order valence-electron chi connectivity index (χ0n) is 20.8.